The zero-order valence-electron chi connectivity index (χ0n) is 15.8. The van der Waals surface area contributed by atoms with E-state index in [1.54, 1.807) is 11.8 Å². The molecule has 7 nitrogen and oxygen atoms in total. The number of hydrogen-bond acceptors (Lipinski definition) is 7. The number of unbranched alkanes of at least 4 members (excludes halogenated alkanes) is 3. The third-order valence-electron chi connectivity index (χ3n) is 4.82. The summed E-state index contributed by atoms with van der Waals surface area (Å²) in [6.07, 6.45) is 8.28. The summed E-state index contributed by atoms with van der Waals surface area (Å²) in [5.41, 5.74) is 1.45. The lowest BCUT2D eigenvalue weighted by molar-refractivity contribution is 0.131. The lowest BCUT2D eigenvalue weighted by Gasteiger charge is -2.15. The molecular weight excluding hydrogens is 348 g/mol. The second-order valence-electron chi connectivity index (χ2n) is 6.96. The standard InChI is InChI=1S/C18H30N6OS/c1-3-5-6-7-11-19-16-15-17(21-18(20-16)26-12-4-2)24(23-22-15)13-9-8-10-14(13)25/h13-14,25H,3-12H2,1-2H3,(H,19,20,21)/t13-,14-/m1/s1. The Balaban J connectivity index is 1.85. The number of thioether (sulfide) groups is 1. The van der Waals surface area contributed by atoms with Crippen LogP contribution in [0, 0.1) is 0 Å². The number of aliphatic hydroxyl groups is 1. The van der Waals surface area contributed by atoms with E-state index in [0.717, 1.165) is 61.0 Å². The van der Waals surface area contributed by atoms with Crippen molar-refractivity contribution in [2.24, 2.45) is 0 Å². The van der Waals surface area contributed by atoms with Crippen molar-refractivity contribution in [2.75, 3.05) is 17.6 Å². The Morgan fingerprint density at radius 1 is 1.15 bits per heavy atom. The largest absolute Gasteiger partial charge is 0.391 e. The predicted octanol–water partition coefficient (Wildman–Crippen LogP) is 3.80. The summed E-state index contributed by atoms with van der Waals surface area (Å²) in [5, 5.41) is 23.1. The summed E-state index contributed by atoms with van der Waals surface area (Å²) < 4.78 is 1.81. The van der Waals surface area contributed by atoms with Gasteiger partial charge in [-0.2, -0.15) is 0 Å². The van der Waals surface area contributed by atoms with E-state index in [9.17, 15) is 5.11 Å². The van der Waals surface area contributed by atoms with Crippen molar-refractivity contribution in [2.45, 2.75) is 82.5 Å². The molecule has 26 heavy (non-hydrogen) atoms. The molecule has 2 aromatic rings. The van der Waals surface area contributed by atoms with Gasteiger partial charge in [-0.3, -0.25) is 0 Å². The monoisotopic (exact) mass is 378 g/mol. The zero-order chi connectivity index (χ0) is 18.4. The molecule has 0 aromatic carbocycles. The van der Waals surface area contributed by atoms with Crippen LogP contribution in [0.1, 0.15) is 71.3 Å². The molecule has 3 rings (SSSR count). The van der Waals surface area contributed by atoms with Gasteiger partial charge in [0.25, 0.3) is 0 Å². The number of fused-ring (bicyclic) bond motifs is 1. The number of anilines is 1. The Labute approximate surface area is 159 Å². The Morgan fingerprint density at radius 3 is 2.77 bits per heavy atom. The molecule has 0 amide bonds. The van der Waals surface area contributed by atoms with Crippen molar-refractivity contribution in [3.63, 3.8) is 0 Å². The van der Waals surface area contributed by atoms with Crippen molar-refractivity contribution < 1.29 is 5.11 Å². The van der Waals surface area contributed by atoms with E-state index in [2.05, 4.69) is 34.5 Å². The highest BCUT2D eigenvalue weighted by molar-refractivity contribution is 7.99. The van der Waals surface area contributed by atoms with E-state index >= 15 is 0 Å². The van der Waals surface area contributed by atoms with E-state index in [1.807, 2.05) is 4.68 Å². The molecule has 0 saturated heterocycles. The van der Waals surface area contributed by atoms with E-state index in [4.69, 9.17) is 4.98 Å². The van der Waals surface area contributed by atoms with Gasteiger partial charge >= 0.3 is 0 Å². The Bertz CT molecular complexity index is 706. The van der Waals surface area contributed by atoms with Crippen LogP contribution in [-0.4, -0.2) is 48.5 Å². The van der Waals surface area contributed by atoms with Crippen LogP contribution in [-0.2, 0) is 0 Å². The first kappa shape index (κ1) is 19.4. The van der Waals surface area contributed by atoms with Gasteiger partial charge in [0, 0.05) is 12.3 Å². The smallest absolute Gasteiger partial charge is 0.191 e. The number of nitrogens with one attached hydrogen (secondary N) is 1. The van der Waals surface area contributed by atoms with Gasteiger partial charge in [-0.25, -0.2) is 14.6 Å². The summed E-state index contributed by atoms with van der Waals surface area (Å²) in [6.45, 7) is 5.25. The quantitative estimate of drug-likeness (QED) is 0.369. The molecule has 0 spiro atoms. The number of aliphatic hydroxyl groups excluding tert-OH is 1. The predicted molar refractivity (Wildman–Crippen MR) is 106 cm³/mol. The van der Waals surface area contributed by atoms with Crippen molar-refractivity contribution >= 4 is 28.7 Å². The topological polar surface area (TPSA) is 88.8 Å². The zero-order valence-corrected chi connectivity index (χ0v) is 16.6. The van der Waals surface area contributed by atoms with E-state index < -0.39 is 0 Å². The van der Waals surface area contributed by atoms with Gasteiger partial charge < -0.3 is 10.4 Å². The number of nitrogens with zero attached hydrogens (tertiary/aromatic N) is 5. The summed E-state index contributed by atoms with van der Waals surface area (Å²) in [6, 6.07) is -0.0312. The molecule has 1 aliphatic carbocycles. The molecular formula is C18H30N6OS. The summed E-state index contributed by atoms with van der Waals surface area (Å²) in [7, 11) is 0. The Morgan fingerprint density at radius 2 is 2.04 bits per heavy atom. The summed E-state index contributed by atoms with van der Waals surface area (Å²) in [5.74, 6) is 1.75. The molecule has 2 aromatic heterocycles. The third kappa shape index (κ3) is 4.46. The minimum atomic E-state index is -0.368. The highest BCUT2D eigenvalue weighted by Crippen LogP contribution is 2.32. The van der Waals surface area contributed by atoms with Crippen molar-refractivity contribution in [3.8, 4) is 0 Å². The lowest BCUT2D eigenvalue weighted by atomic mass is 10.2. The maximum Gasteiger partial charge on any atom is 0.191 e. The van der Waals surface area contributed by atoms with E-state index in [0.29, 0.717) is 5.52 Å². The minimum absolute atomic E-state index is 0.0312. The highest BCUT2D eigenvalue weighted by Gasteiger charge is 2.30. The first-order valence-electron chi connectivity index (χ1n) is 9.92. The van der Waals surface area contributed by atoms with Crippen LogP contribution < -0.4 is 5.32 Å². The Kier molecular flexibility index (Phi) is 7.07. The van der Waals surface area contributed by atoms with Crippen LogP contribution >= 0.6 is 11.8 Å². The highest BCUT2D eigenvalue weighted by atomic mass is 32.2. The van der Waals surface area contributed by atoms with Crippen LogP contribution in [0.5, 0.6) is 0 Å². The van der Waals surface area contributed by atoms with Crippen LogP contribution in [0.4, 0.5) is 5.82 Å². The number of rotatable bonds is 10. The molecule has 8 heteroatoms. The molecule has 2 heterocycles. The molecule has 0 aliphatic heterocycles. The molecule has 144 valence electrons. The second kappa shape index (κ2) is 9.50. The first-order chi connectivity index (χ1) is 12.7. The SMILES string of the molecule is CCCCCCNc1nc(SCCC)nc2c1nnn2[C@@H]1CCC[C@H]1O. The van der Waals surface area contributed by atoms with Crippen LogP contribution in [0.3, 0.4) is 0 Å². The second-order valence-corrected chi connectivity index (χ2v) is 8.02. The van der Waals surface area contributed by atoms with Gasteiger partial charge in [0.05, 0.1) is 12.1 Å². The molecule has 1 aliphatic rings. The van der Waals surface area contributed by atoms with Crippen molar-refractivity contribution in [3.05, 3.63) is 0 Å². The van der Waals surface area contributed by atoms with Crippen LogP contribution in [0.2, 0.25) is 0 Å². The fraction of sp³-hybridized carbons (Fsp3) is 0.778. The van der Waals surface area contributed by atoms with Gasteiger partial charge in [0.1, 0.15) is 0 Å². The number of aromatic nitrogens is 5. The fourth-order valence-corrected chi connectivity index (χ4v) is 4.07. The normalized spacial score (nSPS) is 20.1. The fourth-order valence-electron chi connectivity index (χ4n) is 3.38. The minimum Gasteiger partial charge on any atom is -0.391 e. The molecule has 0 bridgehead atoms. The molecule has 2 N–H and O–H groups in total. The first-order valence-corrected chi connectivity index (χ1v) is 10.9. The van der Waals surface area contributed by atoms with Crippen molar-refractivity contribution in [1.29, 1.82) is 0 Å². The van der Waals surface area contributed by atoms with Crippen LogP contribution in [0.15, 0.2) is 5.16 Å². The third-order valence-corrected chi connectivity index (χ3v) is 5.87. The van der Waals surface area contributed by atoms with E-state index in [1.165, 1.54) is 19.3 Å². The van der Waals surface area contributed by atoms with Gasteiger partial charge in [0.2, 0.25) is 0 Å². The van der Waals surface area contributed by atoms with E-state index in [-0.39, 0.29) is 12.1 Å². The van der Waals surface area contributed by atoms with Gasteiger partial charge in [-0.05, 0) is 32.1 Å². The summed E-state index contributed by atoms with van der Waals surface area (Å²) >= 11 is 1.66. The van der Waals surface area contributed by atoms with Gasteiger partial charge in [-0.15, -0.1) is 5.10 Å². The molecule has 1 fully saturated rings. The summed E-state index contributed by atoms with van der Waals surface area (Å²) in [4.78, 5) is 9.39. The Hall–Kier alpha value is -1.41. The maximum absolute atomic E-state index is 10.3. The maximum atomic E-state index is 10.3. The van der Waals surface area contributed by atoms with Crippen molar-refractivity contribution in [1.82, 2.24) is 25.0 Å². The molecule has 1 saturated carbocycles. The molecule has 2 atom stereocenters. The average molecular weight is 379 g/mol. The van der Waals surface area contributed by atoms with Gasteiger partial charge in [0.15, 0.2) is 22.1 Å². The van der Waals surface area contributed by atoms with Crippen LogP contribution in [0.25, 0.3) is 11.2 Å². The van der Waals surface area contributed by atoms with Gasteiger partial charge in [-0.1, -0.05) is 50.1 Å². The number of hydrogen-bond donors (Lipinski definition) is 2. The molecule has 0 unspecified atom stereocenters. The lowest BCUT2D eigenvalue weighted by Crippen LogP contribution is -2.20. The average Bonchev–Trinajstić information content (AvgIpc) is 3.25. The molecule has 0 radical (unpaired) electrons.